The summed E-state index contributed by atoms with van der Waals surface area (Å²) in [4.78, 5) is 29.4. The molecule has 3 heterocycles. The van der Waals surface area contributed by atoms with E-state index in [1.807, 2.05) is 6.07 Å². The Kier molecular flexibility index (Phi) is 7.54. The molecule has 1 amide bonds. The van der Waals surface area contributed by atoms with E-state index < -0.39 is 0 Å². The van der Waals surface area contributed by atoms with E-state index in [2.05, 4.69) is 61.1 Å². The van der Waals surface area contributed by atoms with Crippen molar-refractivity contribution in [2.24, 2.45) is 0 Å². The highest BCUT2D eigenvalue weighted by atomic mass is 16.1. The molecule has 1 aromatic carbocycles. The number of aromatic amines is 1. The van der Waals surface area contributed by atoms with E-state index in [0.717, 1.165) is 38.4 Å². The van der Waals surface area contributed by atoms with Gasteiger partial charge in [0.05, 0.1) is 11.8 Å². The van der Waals surface area contributed by atoms with E-state index in [4.69, 9.17) is 5.41 Å². The molecule has 3 aromatic rings. The van der Waals surface area contributed by atoms with E-state index >= 15 is 0 Å². The third kappa shape index (κ3) is 6.58. The van der Waals surface area contributed by atoms with Gasteiger partial charge in [-0.05, 0) is 73.2 Å². The van der Waals surface area contributed by atoms with Crippen LogP contribution in [0.2, 0.25) is 0 Å². The normalized spacial score (nSPS) is 16.4. The monoisotopic (exact) mass is 493 g/mol. The van der Waals surface area contributed by atoms with Crippen molar-refractivity contribution in [2.75, 3.05) is 38.5 Å². The summed E-state index contributed by atoms with van der Waals surface area (Å²) in [6.45, 7) is 5.37. The van der Waals surface area contributed by atoms with Crippen molar-refractivity contribution in [2.45, 2.75) is 25.3 Å². The van der Waals surface area contributed by atoms with Crippen molar-refractivity contribution in [3.8, 4) is 11.8 Å². The molecule has 8 nitrogen and oxygen atoms in total. The number of anilines is 1. The second kappa shape index (κ2) is 11.3. The van der Waals surface area contributed by atoms with Crippen LogP contribution in [0.1, 0.15) is 57.3 Å². The number of piperazine rings is 1. The topological polar surface area (TPSA) is 101 Å². The van der Waals surface area contributed by atoms with Crippen molar-refractivity contribution < 1.29 is 4.79 Å². The quantitative estimate of drug-likeness (QED) is 0.344. The molecule has 5 rings (SSSR count). The molecule has 0 atom stereocenters. The fourth-order valence-corrected chi connectivity index (χ4v) is 4.44. The van der Waals surface area contributed by atoms with Gasteiger partial charge < -0.3 is 20.6 Å². The van der Waals surface area contributed by atoms with Crippen molar-refractivity contribution in [3.05, 3.63) is 82.7 Å². The Balaban J connectivity index is 1.26. The molecule has 1 saturated carbocycles. The van der Waals surface area contributed by atoms with Gasteiger partial charge in [0, 0.05) is 62.6 Å². The number of aromatic nitrogens is 3. The zero-order chi connectivity index (χ0) is 25.6. The van der Waals surface area contributed by atoms with E-state index in [1.54, 1.807) is 36.8 Å². The minimum atomic E-state index is -0.203. The highest BCUT2D eigenvalue weighted by molar-refractivity contribution is 6.04. The Labute approximate surface area is 217 Å². The summed E-state index contributed by atoms with van der Waals surface area (Å²) in [6, 6.07) is 8.08. The molecule has 2 aliphatic rings. The maximum Gasteiger partial charge on any atom is 0.257 e. The minimum Gasteiger partial charge on any atom is -0.332 e. The fourth-order valence-electron chi connectivity index (χ4n) is 4.44. The average Bonchev–Trinajstić information content (AvgIpc) is 3.66. The van der Waals surface area contributed by atoms with Crippen LogP contribution in [-0.2, 0) is 6.54 Å². The van der Waals surface area contributed by atoms with Crippen molar-refractivity contribution in [1.82, 2.24) is 24.8 Å². The molecule has 2 aromatic heterocycles. The number of likely N-dealkylation sites (N-methyl/N-ethyl adjacent to an activating group) is 1. The van der Waals surface area contributed by atoms with Gasteiger partial charge in [-0.25, -0.2) is 4.98 Å². The number of hydrogen-bond acceptors (Lipinski definition) is 6. The lowest BCUT2D eigenvalue weighted by Crippen LogP contribution is -2.44. The number of benzene rings is 1. The van der Waals surface area contributed by atoms with Gasteiger partial charge in [0.25, 0.3) is 5.91 Å². The Morgan fingerprint density at radius 2 is 2.00 bits per heavy atom. The van der Waals surface area contributed by atoms with Gasteiger partial charge >= 0.3 is 0 Å². The van der Waals surface area contributed by atoms with Gasteiger partial charge in [0.2, 0.25) is 0 Å². The molecule has 8 heteroatoms. The number of hydrogen-bond donors (Lipinski definition) is 3. The van der Waals surface area contributed by atoms with E-state index in [9.17, 15) is 4.79 Å². The summed E-state index contributed by atoms with van der Waals surface area (Å²) < 4.78 is 0. The number of nitrogens with one attached hydrogen (secondary N) is 3. The molecule has 37 heavy (non-hydrogen) atoms. The Hall–Kier alpha value is -4.06. The third-order valence-electron chi connectivity index (χ3n) is 6.70. The Morgan fingerprint density at radius 1 is 1.16 bits per heavy atom. The maximum absolute atomic E-state index is 13.0. The molecule has 1 aliphatic carbocycles. The molecule has 0 radical (unpaired) electrons. The predicted molar refractivity (Wildman–Crippen MR) is 146 cm³/mol. The highest BCUT2D eigenvalue weighted by Gasteiger charge is 2.27. The van der Waals surface area contributed by atoms with Crippen LogP contribution < -0.4 is 5.32 Å². The third-order valence-corrected chi connectivity index (χ3v) is 6.70. The number of amides is 1. The van der Waals surface area contributed by atoms with Crippen LogP contribution in [0.25, 0.3) is 6.08 Å². The van der Waals surface area contributed by atoms with Gasteiger partial charge in [-0.15, -0.1) is 0 Å². The van der Waals surface area contributed by atoms with Crippen molar-refractivity contribution in [1.29, 1.82) is 5.41 Å². The fraction of sp³-hybridized carbons (Fsp3) is 0.310. The van der Waals surface area contributed by atoms with Gasteiger partial charge in [-0.1, -0.05) is 12.0 Å². The second-order valence-electron chi connectivity index (χ2n) is 9.64. The standard InChI is InChI=1S/C29H31N7O/c1-35-11-13-36(14-12-35)20-23-7-9-25(16-27(23)22-5-6-22)34-29(37)24-15-21(17-31-18-24)4-8-26-19-32-28(33-26)3-2-10-30/h2-3,7,9-10,15-19,22,30H,5-6,11-14,20H2,1H3,(H,32,33)(H,34,37)/b3-2-,30-10?. The van der Waals surface area contributed by atoms with Crippen LogP contribution in [0, 0.1) is 17.3 Å². The van der Waals surface area contributed by atoms with Crippen molar-refractivity contribution in [3.63, 3.8) is 0 Å². The van der Waals surface area contributed by atoms with Crippen LogP contribution in [0.15, 0.2) is 48.9 Å². The second-order valence-corrected chi connectivity index (χ2v) is 9.64. The van der Waals surface area contributed by atoms with Crippen LogP contribution >= 0.6 is 0 Å². The van der Waals surface area contributed by atoms with E-state index in [0.29, 0.717) is 28.6 Å². The molecule has 3 N–H and O–H groups in total. The van der Waals surface area contributed by atoms with Crippen LogP contribution in [0.3, 0.4) is 0 Å². The molecule has 2 fully saturated rings. The van der Waals surface area contributed by atoms with Gasteiger partial charge in [-0.3, -0.25) is 14.7 Å². The molecular weight excluding hydrogens is 462 g/mol. The first-order valence-corrected chi connectivity index (χ1v) is 12.6. The van der Waals surface area contributed by atoms with Crippen LogP contribution in [0.5, 0.6) is 0 Å². The average molecular weight is 494 g/mol. The van der Waals surface area contributed by atoms with Crippen LogP contribution in [0.4, 0.5) is 5.69 Å². The van der Waals surface area contributed by atoms with Crippen molar-refractivity contribution >= 4 is 23.9 Å². The number of nitrogens with zero attached hydrogens (tertiary/aromatic N) is 4. The zero-order valence-corrected chi connectivity index (χ0v) is 21.0. The lowest BCUT2D eigenvalue weighted by atomic mass is 10.0. The lowest BCUT2D eigenvalue weighted by molar-refractivity contribution is 0.102. The largest absolute Gasteiger partial charge is 0.332 e. The Bertz CT molecular complexity index is 1370. The first-order chi connectivity index (χ1) is 18.1. The number of pyridine rings is 1. The SMILES string of the molecule is CN1CCN(Cc2ccc(NC(=O)c3cncc(C#Cc4cnc(/C=C\C=N)[nH]4)c3)cc2C2CC2)CC1. The predicted octanol–water partition coefficient (Wildman–Crippen LogP) is 3.74. The molecule has 0 spiro atoms. The summed E-state index contributed by atoms with van der Waals surface area (Å²) >= 11 is 0. The molecular formula is C29H31N7O. The molecule has 1 saturated heterocycles. The molecule has 0 bridgehead atoms. The zero-order valence-electron chi connectivity index (χ0n) is 21.0. The number of carbonyl (C=O) groups excluding carboxylic acids is 1. The highest BCUT2D eigenvalue weighted by Crippen LogP contribution is 2.43. The Morgan fingerprint density at radius 3 is 2.78 bits per heavy atom. The number of carbonyl (C=O) groups is 1. The summed E-state index contributed by atoms with van der Waals surface area (Å²) in [5, 5.41) is 10.1. The number of allylic oxidation sites excluding steroid dienone is 1. The summed E-state index contributed by atoms with van der Waals surface area (Å²) in [7, 11) is 2.18. The molecule has 1 aliphatic heterocycles. The number of imidazole rings is 1. The summed E-state index contributed by atoms with van der Waals surface area (Å²) in [6.07, 6.45) is 11.7. The van der Waals surface area contributed by atoms with Crippen LogP contribution in [-0.4, -0.2) is 70.1 Å². The van der Waals surface area contributed by atoms with Gasteiger partial charge in [-0.2, -0.15) is 0 Å². The molecule has 188 valence electrons. The van der Waals surface area contributed by atoms with E-state index in [1.165, 1.54) is 30.2 Å². The summed E-state index contributed by atoms with van der Waals surface area (Å²) in [5.74, 6) is 7.06. The van der Waals surface area contributed by atoms with Gasteiger partial charge in [0.15, 0.2) is 0 Å². The van der Waals surface area contributed by atoms with E-state index in [-0.39, 0.29) is 5.91 Å². The van der Waals surface area contributed by atoms with Gasteiger partial charge in [0.1, 0.15) is 11.5 Å². The number of H-pyrrole nitrogens is 1. The lowest BCUT2D eigenvalue weighted by Gasteiger charge is -2.32. The summed E-state index contributed by atoms with van der Waals surface area (Å²) in [5.41, 5.74) is 5.29. The first-order valence-electron chi connectivity index (χ1n) is 12.6. The first kappa shape index (κ1) is 24.6. The smallest absolute Gasteiger partial charge is 0.257 e. The minimum absolute atomic E-state index is 0.203. The number of rotatable bonds is 7. The maximum atomic E-state index is 13.0. The molecule has 0 unspecified atom stereocenters.